The minimum Gasteiger partial charge on any atom is -0.363 e. The van der Waals surface area contributed by atoms with Crippen LogP contribution >= 0.6 is 0 Å². The van der Waals surface area contributed by atoms with E-state index < -0.39 is 17.2 Å². The Morgan fingerprint density at radius 2 is 1.83 bits per heavy atom. The van der Waals surface area contributed by atoms with Gasteiger partial charge in [0.15, 0.2) is 0 Å². The van der Waals surface area contributed by atoms with Crippen LogP contribution in [-0.4, -0.2) is 57.9 Å². The molecule has 2 amide bonds. The summed E-state index contributed by atoms with van der Waals surface area (Å²) in [4.78, 5) is 32.9. The Kier molecular flexibility index (Phi) is 5.52. The van der Waals surface area contributed by atoms with Crippen molar-refractivity contribution in [1.82, 2.24) is 14.8 Å². The Morgan fingerprint density at radius 3 is 2.56 bits per heavy atom. The van der Waals surface area contributed by atoms with Gasteiger partial charge >= 0.3 is 0 Å². The summed E-state index contributed by atoms with van der Waals surface area (Å²) in [6.45, 7) is 2.54. The molecular formula is C28H27F2N3O3. The average molecular weight is 492 g/mol. The zero-order valence-electron chi connectivity index (χ0n) is 20.1. The highest BCUT2D eigenvalue weighted by atomic mass is 19.1. The summed E-state index contributed by atoms with van der Waals surface area (Å²) in [5.41, 5.74) is 2.05. The lowest BCUT2D eigenvalue weighted by molar-refractivity contribution is -0.178. The van der Waals surface area contributed by atoms with Crippen LogP contribution in [0.3, 0.4) is 0 Å². The van der Waals surface area contributed by atoms with E-state index in [0.717, 1.165) is 29.3 Å². The number of amides is 2. The Morgan fingerprint density at radius 1 is 1.06 bits per heavy atom. The summed E-state index contributed by atoms with van der Waals surface area (Å²) < 4.78 is 36.1. The molecule has 2 aliphatic heterocycles. The molecule has 0 bridgehead atoms. The third kappa shape index (κ3) is 4.23. The molecule has 36 heavy (non-hydrogen) atoms. The van der Waals surface area contributed by atoms with E-state index in [-0.39, 0.29) is 43.0 Å². The molecule has 3 heterocycles. The second kappa shape index (κ2) is 8.62. The van der Waals surface area contributed by atoms with Crippen LogP contribution < -0.4 is 0 Å². The highest BCUT2D eigenvalue weighted by molar-refractivity contribution is 5.85. The largest absolute Gasteiger partial charge is 0.363 e. The molecule has 3 aliphatic rings. The number of hydrogen-bond acceptors (Lipinski definition) is 4. The van der Waals surface area contributed by atoms with E-state index in [2.05, 4.69) is 4.98 Å². The number of carbonyl (C=O) groups excluding carboxylic acids is 2. The van der Waals surface area contributed by atoms with E-state index >= 15 is 8.78 Å². The van der Waals surface area contributed by atoms with E-state index in [1.54, 1.807) is 6.20 Å². The number of aromatic nitrogens is 1. The van der Waals surface area contributed by atoms with Crippen LogP contribution in [0.25, 0.3) is 22.0 Å². The number of pyridine rings is 1. The molecule has 1 spiro atoms. The van der Waals surface area contributed by atoms with Crippen LogP contribution in [0.15, 0.2) is 42.6 Å². The minimum absolute atomic E-state index is 0.0155. The maximum absolute atomic E-state index is 15.1. The Bertz CT molecular complexity index is 1370. The summed E-state index contributed by atoms with van der Waals surface area (Å²) in [7, 11) is 0. The van der Waals surface area contributed by atoms with Crippen molar-refractivity contribution in [3.05, 3.63) is 65.4 Å². The van der Waals surface area contributed by atoms with Crippen molar-refractivity contribution in [2.45, 2.75) is 50.8 Å². The number of morpholine rings is 1. The summed E-state index contributed by atoms with van der Waals surface area (Å²) in [5.74, 6) is -1.62. The lowest BCUT2D eigenvalue weighted by Gasteiger charge is -2.46. The minimum atomic E-state index is -0.701. The molecule has 6 rings (SSSR count). The summed E-state index contributed by atoms with van der Waals surface area (Å²) in [6, 6.07) is 10.4. The normalized spacial score (nSPS) is 22.6. The fourth-order valence-corrected chi connectivity index (χ4v) is 5.35. The van der Waals surface area contributed by atoms with Gasteiger partial charge in [0, 0.05) is 29.7 Å². The molecule has 1 aliphatic carbocycles. The number of piperidine rings is 1. The van der Waals surface area contributed by atoms with Gasteiger partial charge < -0.3 is 14.5 Å². The Hall–Kier alpha value is -3.39. The number of fused-ring (bicyclic) bond motifs is 1. The molecule has 186 valence electrons. The van der Waals surface area contributed by atoms with Crippen molar-refractivity contribution in [2.24, 2.45) is 0 Å². The number of rotatable bonds is 4. The van der Waals surface area contributed by atoms with Crippen LogP contribution in [0.1, 0.15) is 36.8 Å². The molecule has 0 radical (unpaired) electrons. The van der Waals surface area contributed by atoms with Crippen LogP contribution in [0.2, 0.25) is 0 Å². The number of aryl methyl sites for hydroxylation is 1. The van der Waals surface area contributed by atoms with E-state index in [4.69, 9.17) is 4.74 Å². The van der Waals surface area contributed by atoms with Gasteiger partial charge in [-0.2, -0.15) is 0 Å². The van der Waals surface area contributed by atoms with Gasteiger partial charge in [0.05, 0.1) is 30.6 Å². The van der Waals surface area contributed by atoms with Crippen LogP contribution in [-0.2, 0) is 20.9 Å². The predicted octanol–water partition coefficient (Wildman–Crippen LogP) is 4.37. The third-order valence-electron chi connectivity index (χ3n) is 7.58. The first-order valence-electron chi connectivity index (χ1n) is 12.4. The molecular weight excluding hydrogens is 464 g/mol. The van der Waals surface area contributed by atoms with Crippen molar-refractivity contribution in [1.29, 1.82) is 0 Å². The van der Waals surface area contributed by atoms with E-state index in [9.17, 15) is 9.59 Å². The second-order valence-corrected chi connectivity index (χ2v) is 10.3. The molecule has 1 aromatic heterocycles. The maximum atomic E-state index is 15.1. The van der Waals surface area contributed by atoms with Gasteiger partial charge in [0.1, 0.15) is 18.2 Å². The first-order chi connectivity index (χ1) is 17.3. The number of benzene rings is 2. The lowest BCUT2D eigenvalue weighted by atomic mass is 9.88. The lowest BCUT2D eigenvalue weighted by Crippen LogP contribution is -2.60. The zero-order chi connectivity index (χ0) is 25.0. The molecule has 2 saturated heterocycles. The molecule has 6 nitrogen and oxygen atoms in total. The zero-order valence-corrected chi connectivity index (χ0v) is 20.1. The number of likely N-dealkylation sites (tertiary alicyclic amines) is 1. The first-order valence-corrected chi connectivity index (χ1v) is 12.4. The maximum Gasteiger partial charge on any atom is 0.248 e. The number of carbonyl (C=O) groups is 2. The number of hydrogen-bond donors (Lipinski definition) is 0. The average Bonchev–Trinajstić information content (AvgIpc) is 3.69. The molecule has 0 N–H and O–H groups in total. The standard InChI is InChI=1S/C28H27F2N3O3/c1-17-8-19-3-2-18(11-25(19)31-13-17)20-9-23(29)22(24(30)10-20)14-32-7-6-28(12-26(32)34)16-33(21-4-5-21)27(35)15-36-28/h2-3,8-11,13,21H,4-7,12,14-16H2,1H3. The number of nitrogens with zero attached hydrogens (tertiary/aromatic N) is 3. The monoisotopic (exact) mass is 491 g/mol. The van der Waals surface area contributed by atoms with Gasteiger partial charge in [-0.1, -0.05) is 12.1 Å². The van der Waals surface area contributed by atoms with Gasteiger partial charge in [0.2, 0.25) is 11.8 Å². The first kappa shape index (κ1) is 23.0. The topological polar surface area (TPSA) is 62.7 Å². The summed E-state index contributed by atoms with van der Waals surface area (Å²) >= 11 is 0. The van der Waals surface area contributed by atoms with Gasteiger partial charge in [0.25, 0.3) is 0 Å². The van der Waals surface area contributed by atoms with E-state index in [1.165, 1.54) is 17.0 Å². The number of halogens is 2. The van der Waals surface area contributed by atoms with E-state index in [1.807, 2.05) is 36.1 Å². The predicted molar refractivity (Wildman–Crippen MR) is 130 cm³/mol. The second-order valence-electron chi connectivity index (χ2n) is 10.3. The van der Waals surface area contributed by atoms with Gasteiger partial charge in [-0.15, -0.1) is 0 Å². The van der Waals surface area contributed by atoms with Crippen LogP contribution in [0, 0.1) is 18.6 Å². The molecule has 3 fully saturated rings. The van der Waals surface area contributed by atoms with Crippen LogP contribution in [0.4, 0.5) is 8.78 Å². The third-order valence-corrected chi connectivity index (χ3v) is 7.58. The van der Waals surface area contributed by atoms with Crippen molar-refractivity contribution in [2.75, 3.05) is 19.7 Å². The Balaban J connectivity index is 1.18. The fraction of sp³-hybridized carbons (Fsp3) is 0.393. The molecule has 1 saturated carbocycles. The smallest absolute Gasteiger partial charge is 0.248 e. The molecule has 1 atom stereocenters. The quantitative estimate of drug-likeness (QED) is 0.544. The summed E-state index contributed by atoms with van der Waals surface area (Å²) in [5, 5.41) is 0.962. The Labute approximate surface area is 207 Å². The summed E-state index contributed by atoms with van der Waals surface area (Å²) in [6.07, 6.45) is 4.38. The van der Waals surface area contributed by atoms with Crippen molar-refractivity contribution in [3.8, 4) is 11.1 Å². The van der Waals surface area contributed by atoms with Gasteiger partial charge in [-0.3, -0.25) is 14.6 Å². The molecule has 1 unspecified atom stereocenters. The van der Waals surface area contributed by atoms with Gasteiger partial charge in [-0.25, -0.2) is 8.78 Å². The molecule has 8 heteroatoms. The van der Waals surface area contributed by atoms with Crippen molar-refractivity contribution < 1.29 is 23.1 Å². The highest BCUT2D eigenvalue weighted by Gasteiger charge is 2.48. The number of ether oxygens (including phenoxy) is 1. The van der Waals surface area contributed by atoms with Crippen molar-refractivity contribution >= 4 is 22.7 Å². The fourth-order valence-electron chi connectivity index (χ4n) is 5.35. The SMILES string of the molecule is Cc1cnc2cc(-c3cc(F)c(CN4CCC5(CC4=O)CN(C4CC4)C(=O)CO5)c(F)c3)ccc2c1. The van der Waals surface area contributed by atoms with E-state index in [0.29, 0.717) is 30.6 Å². The molecule has 3 aromatic rings. The van der Waals surface area contributed by atoms with Crippen molar-refractivity contribution in [3.63, 3.8) is 0 Å². The van der Waals surface area contributed by atoms with Crippen LogP contribution in [0.5, 0.6) is 0 Å². The van der Waals surface area contributed by atoms with Gasteiger partial charge in [-0.05, 0) is 67.1 Å². The molecule has 2 aromatic carbocycles. The highest BCUT2D eigenvalue weighted by Crippen LogP contribution is 2.37.